The van der Waals surface area contributed by atoms with Crippen LogP contribution < -0.4 is 21.3 Å². The van der Waals surface area contributed by atoms with Crippen molar-refractivity contribution in [2.45, 2.75) is 70.4 Å². The summed E-state index contributed by atoms with van der Waals surface area (Å²) in [6, 6.07) is 15.3. The number of anilines is 2. The van der Waals surface area contributed by atoms with Gasteiger partial charge in [-0.15, -0.1) is 0 Å². The first-order valence-electron chi connectivity index (χ1n) is 20.4. The van der Waals surface area contributed by atoms with Crippen molar-refractivity contribution in [2.75, 3.05) is 36.8 Å². The van der Waals surface area contributed by atoms with Crippen molar-refractivity contribution < 1.29 is 28.8 Å². The summed E-state index contributed by atoms with van der Waals surface area (Å²) in [5, 5.41) is 16.7. The number of benzene rings is 3. The van der Waals surface area contributed by atoms with Crippen molar-refractivity contribution in [2.24, 2.45) is 13.0 Å². The van der Waals surface area contributed by atoms with Gasteiger partial charge in [-0.25, -0.2) is 4.98 Å². The van der Waals surface area contributed by atoms with Crippen LogP contribution >= 0.6 is 0 Å². The average molecular weight is 801 g/mol. The van der Waals surface area contributed by atoms with Crippen LogP contribution in [0.4, 0.5) is 11.4 Å². The number of nitrogens with one attached hydrogen (secondary N) is 5. The average Bonchev–Trinajstić information content (AvgIpc) is 4.00. The molecule has 306 valence electrons. The van der Waals surface area contributed by atoms with Crippen molar-refractivity contribution in [3.8, 4) is 0 Å². The summed E-state index contributed by atoms with van der Waals surface area (Å²) < 4.78 is 1.78. The molecule has 5 N–H and O–H groups in total. The van der Waals surface area contributed by atoms with Gasteiger partial charge in [0.05, 0.1) is 40.4 Å². The van der Waals surface area contributed by atoms with Gasteiger partial charge in [0.2, 0.25) is 17.7 Å². The Morgan fingerprint density at radius 2 is 1.80 bits per heavy atom. The van der Waals surface area contributed by atoms with E-state index in [-0.39, 0.29) is 35.8 Å². The lowest BCUT2D eigenvalue weighted by Crippen LogP contribution is -2.54. The van der Waals surface area contributed by atoms with Crippen LogP contribution in [-0.2, 0) is 28.0 Å². The second-order valence-electron chi connectivity index (χ2n) is 15.7. The highest BCUT2D eigenvalue weighted by molar-refractivity contribution is 6.25. The number of imide groups is 2. The normalized spacial score (nSPS) is 18.2. The van der Waals surface area contributed by atoms with E-state index in [4.69, 9.17) is 4.98 Å². The standard InChI is InChI=1S/C43H48N10O6/c1-51-34-13-10-27(21-28(34)23-46-51)40(56)47-29-11-12-31-33(22-29)49-36(48-31)25-52-20-17-26(24-52)16-19-45-37(54)9-4-2-3-5-18-44-32-8-6-7-30-39(32)43(59)53(42(30)58)35-14-15-38(55)50-41(35)57/h6-8,10-13,21-23,26,35,44H,2-5,9,14-20,24-25H2,1H3,(H,45,54)(H,47,56)(H,48,49)(H,50,55,57). The highest BCUT2D eigenvalue weighted by Crippen LogP contribution is 2.32. The fourth-order valence-corrected chi connectivity index (χ4v) is 8.38. The number of likely N-dealkylation sites (tertiary alicyclic amines) is 1. The van der Waals surface area contributed by atoms with Crippen molar-refractivity contribution in [1.29, 1.82) is 0 Å². The fraction of sp³-hybridized carbons (Fsp3) is 0.395. The number of carbonyl (C=O) groups is 6. The second-order valence-corrected chi connectivity index (χ2v) is 15.7. The summed E-state index contributed by atoms with van der Waals surface area (Å²) >= 11 is 0. The van der Waals surface area contributed by atoms with Gasteiger partial charge in [0.1, 0.15) is 11.9 Å². The van der Waals surface area contributed by atoms with Crippen LogP contribution in [0.15, 0.2) is 60.8 Å². The number of fused-ring (bicyclic) bond motifs is 3. The third-order valence-corrected chi connectivity index (χ3v) is 11.5. The molecule has 2 aromatic heterocycles. The molecule has 3 aromatic carbocycles. The van der Waals surface area contributed by atoms with Gasteiger partial charge < -0.3 is 20.9 Å². The summed E-state index contributed by atoms with van der Waals surface area (Å²) in [4.78, 5) is 87.4. The number of hydrogen-bond donors (Lipinski definition) is 5. The molecule has 16 nitrogen and oxygen atoms in total. The number of H-pyrrole nitrogens is 1. The highest BCUT2D eigenvalue weighted by atomic mass is 16.2. The van der Waals surface area contributed by atoms with E-state index in [0.29, 0.717) is 48.9 Å². The van der Waals surface area contributed by atoms with Gasteiger partial charge in [0, 0.05) is 61.8 Å². The lowest BCUT2D eigenvalue weighted by atomic mass is 10.0. The second kappa shape index (κ2) is 17.2. The molecule has 2 atom stereocenters. The van der Waals surface area contributed by atoms with E-state index in [2.05, 4.69) is 36.2 Å². The molecule has 0 bridgehead atoms. The van der Waals surface area contributed by atoms with Gasteiger partial charge in [-0.3, -0.25) is 48.6 Å². The van der Waals surface area contributed by atoms with Gasteiger partial charge in [-0.1, -0.05) is 18.9 Å². The molecule has 5 aromatic rings. The molecular weight excluding hydrogens is 753 g/mol. The largest absolute Gasteiger partial charge is 0.384 e. The van der Waals surface area contributed by atoms with E-state index in [0.717, 1.165) is 84.3 Å². The lowest BCUT2D eigenvalue weighted by Gasteiger charge is -2.27. The minimum absolute atomic E-state index is 0.0639. The number of aromatic amines is 1. The summed E-state index contributed by atoms with van der Waals surface area (Å²) in [5.74, 6) is -0.842. The number of piperidine rings is 1. The first kappa shape index (κ1) is 39.4. The Morgan fingerprint density at radius 1 is 0.932 bits per heavy atom. The van der Waals surface area contributed by atoms with Crippen molar-refractivity contribution in [3.05, 3.63) is 83.3 Å². The van der Waals surface area contributed by atoms with Crippen LogP contribution in [0.3, 0.4) is 0 Å². The Balaban J connectivity index is 0.701. The highest BCUT2D eigenvalue weighted by Gasteiger charge is 2.45. The van der Waals surface area contributed by atoms with Crippen molar-refractivity contribution in [1.82, 2.24) is 40.2 Å². The van der Waals surface area contributed by atoms with Gasteiger partial charge in [0.25, 0.3) is 17.7 Å². The molecule has 59 heavy (non-hydrogen) atoms. The van der Waals surface area contributed by atoms with Gasteiger partial charge in [-0.2, -0.15) is 5.10 Å². The molecule has 2 unspecified atom stereocenters. The zero-order valence-corrected chi connectivity index (χ0v) is 33.0. The smallest absolute Gasteiger partial charge is 0.264 e. The summed E-state index contributed by atoms with van der Waals surface area (Å²) in [7, 11) is 1.87. The molecule has 2 fully saturated rings. The minimum Gasteiger partial charge on any atom is -0.384 e. The topological polar surface area (TPSA) is 204 Å². The van der Waals surface area contributed by atoms with Crippen LogP contribution in [0.1, 0.15) is 94.7 Å². The number of amides is 6. The predicted molar refractivity (Wildman–Crippen MR) is 220 cm³/mol. The van der Waals surface area contributed by atoms with Gasteiger partial charge in [-0.05, 0) is 93.1 Å². The van der Waals surface area contributed by atoms with Crippen LogP contribution in [0.2, 0.25) is 0 Å². The van der Waals surface area contributed by atoms with E-state index in [1.165, 1.54) is 0 Å². The van der Waals surface area contributed by atoms with E-state index < -0.39 is 29.7 Å². The zero-order chi connectivity index (χ0) is 41.0. The molecule has 3 aliphatic rings. The van der Waals surface area contributed by atoms with Crippen molar-refractivity contribution in [3.63, 3.8) is 0 Å². The molecule has 8 rings (SSSR count). The molecule has 16 heteroatoms. The quantitative estimate of drug-likeness (QED) is 0.0699. The van der Waals surface area contributed by atoms with E-state index in [1.807, 2.05) is 37.4 Å². The molecule has 0 radical (unpaired) electrons. The molecule has 0 saturated carbocycles. The van der Waals surface area contributed by atoms with Gasteiger partial charge >= 0.3 is 0 Å². The summed E-state index contributed by atoms with van der Waals surface area (Å²) in [6.07, 6.45) is 7.80. The van der Waals surface area contributed by atoms with E-state index >= 15 is 0 Å². The maximum Gasteiger partial charge on any atom is 0.264 e. The monoisotopic (exact) mass is 800 g/mol. The SMILES string of the molecule is Cn1ncc2cc(C(=O)Nc3ccc4[nH]c(CN5CCC(CCNC(=O)CCCCCCNc6cccc7c6C(=O)N(C6CCC(=O)NC6=O)C7=O)C5)nc4c3)ccc21. The Kier molecular flexibility index (Phi) is 11.5. The van der Waals surface area contributed by atoms with E-state index in [1.54, 1.807) is 35.1 Å². The fourth-order valence-electron chi connectivity index (χ4n) is 8.38. The van der Waals surface area contributed by atoms with E-state index in [9.17, 15) is 28.8 Å². The Hall–Kier alpha value is -6.42. The maximum absolute atomic E-state index is 13.3. The van der Waals surface area contributed by atoms with Crippen LogP contribution in [-0.4, -0.2) is 97.2 Å². The number of carbonyl (C=O) groups excluding carboxylic acids is 6. The van der Waals surface area contributed by atoms with Gasteiger partial charge in [0.15, 0.2) is 0 Å². The Labute approximate surface area is 340 Å². The number of aromatic nitrogens is 4. The first-order chi connectivity index (χ1) is 28.6. The third kappa shape index (κ3) is 8.72. The maximum atomic E-state index is 13.3. The summed E-state index contributed by atoms with van der Waals surface area (Å²) in [6.45, 7) is 3.85. The predicted octanol–water partition coefficient (Wildman–Crippen LogP) is 4.49. The molecule has 6 amide bonds. The number of hydrogen-bond acceptors (Lipinski definition) is 10. The van der Waals surface area contributed by atoms with Crippen LogP contribution in [0, 0.1) is 5.92 Å². The number of imidazole rings is 1. The zero-order valence-electron chi connectivity index (χ0n) is 33.0. The lowest BCUT2D eigenvalue weighted by molar-refractivity contribution is -0.136. The van der Waals surface area contributed by atoms with Crippen LogP contribution in [0.25, 0.3) is 21.9 Å². The van der Waals surface area contributed by atoms with Crippen LogP contribution in [0.5, 0.6) is 0 Å². The first-order valence-corrected chi connectivity index (χ1v) is 20.4. The Bertz CT molecular complexity index is 2460. The third-order valence-electron chi connectivity index (χ3n) is 11.5. The molecule has 0 aliphatic carbocycles. The molecule has 3 aliphatic heterocycles. The molecule has 2 saturated heterocycles. The molecule has 5 heterocycles. The molecule has 0 spiro atoms. The number of nitrogens with zero attached hydrogens (tertiary/aromatic N) is 5. The minimum atomic E-state index is -1.000. The van der Waals surface area contributed by atoms with Crippen molar-refractivity contribution >= 4 is 68.8 Å². The Morgan fingerprint density at radius 3 is 2.66 bits per heavy atom. The number of unbranched alkanes of at least 4 members (excludes halogenated alkanes) is 3. The number of aryl methyl sites for hydroxylation is 1. The number of rotatable bonds is 16. The summed E-state index contributed by atoms with van der Waals surface area (Å²) in [5.41, 5.74) is 4.97. The molecular formula is C43H48N10O6.